The third-order valence-electron chi connectivity index (χ3n) is 3.22. The van der Waals surface area contributed by atoms with Gasteiger partial charge in [0.1, 0.15) is 0 Å². The lowest BCUT2D eigenvalue weighted by atomic mass is 10.2. The predicted molar refractivity (Wildman–Crippen MR) is 70.3 cm³/mol. The van der Waals surface area contributed by atoms with Crippen molar-refractivity contribution in [2.24, 2.45) is 11.8 Å². The highest BCUT2D eigenvalue weighted by atomic mass is 32.1. The number of thiazole rings is 1. The first kappa shape index (κ1) is 10.7. The Hall–Kier alpha value is -1.42. The molecule has 3 rings (SSSR count). The van der Waals surface area contributed by atoms with Crippen LogP contribution in [0.4, 0.5) is 5.13 Å². The van der Waals surface area contributed by atoms with E-state index in [2.05, 4.69) is 30.2 Å². The molecule has 0 spiro atoms. The van der Waals surface area contributed by atoms with E-state index in [4.69, 9.17) is 0 Å². The highest BCUT2D eigenvalue weighted by Gasteiger charge is 2.39. The van der Waals surface area contributed by atoms with Crippen LogP contribution in [0.15, 0.2) is 18.2 Å². The van der Waals surface area contributed by atoms with E-state index in [1.807, 2.05) is 12.1 Å². The highest BCUT2D eigenvalue weighted by molar-refractivity contribution is 7.22. The minimum atomic E-state index is 0.119. The summed E-state index contributed by atoms with van der Waals surface area (Å²) in [4.78, 5) is 16.2. The molecule has 1 aliphatic rings. The maximum atomic E-state index is 11.8. The Morgan fingerprint density at radius 3 is 3.00 bits per heavy atom. The van der Waals surface area contributed by atoms with Gasteiger partial charge in [0, 0.05) is 5.92 Å². The first-order valence-corrected chi connectivity index (χ1v) is 6.63. The van der Waals surface area contributed by atoms with Crippen molar-refractivity contribution in [1.29, 1.82) is 0 Å². The Bertz CT molecular complexity index is 590. The number of nitrogens with zero attached hydrogens (tertiary/aromatic N) is 1. The molecule has 1 N–H and O–H groups in total. The number of benzene rings is 1. The maximum absolute atomic E-state index is 11.8. The van der Waals surface area contributed by atoms with Gasteiger partial charge in [-0.2, -0.15) is 0 Å². The fourth-order valence-electron chi connectivity index (χ4n) is 1.97. The van der Waals surface area contributed by atoms with E-state index in [0.29, 0.717) is 5.92 Å². The number of carbonyl (C=O) groups excluding carboxylic acids is 1. The van der Waals surface area contributed by atoms with Crippen LogP contribution in [0.25, 0.3) is 10.2 Å². The average Bonchev–Trinajstić information content (AvgIpc) is 2.87. The summed E-state index contributed by atoms with van der Waals surface area (Å²) in [6.45, 7) is 4.16. The lowest BCUT2D eigenvalue weighted by Gasteiger charge is -1.97. The number of fused-ring (bicyclic) bond motifs is 1. The van der Waals surface area contributed by atoms with Crippen LogP contribution in [-0.4, -0.2) is 10.9 Å². The summed E-state index contributed by atoms with van der Waals surface area (Å²) in [6.07, 6.45) is 1.01. The fraction of sp³-hybridized carbons (Fsp3) is 0.385. The Labute approximate surface area is 104 Å². The molecule has 1 aliphatic carbocycles. The van der Waals surface area contributed by atoms with Gasteiger partial charge in [-0.15, -0.1) is 0 Å². The van der Waals surface area contributed by atoms with E-state index in [9.17, 15) is 4.79 Å². The third-order valence-corrected chi connectivity index (χ3v) is 4.15. The molecule has 0 bridgehead atoms. The van der Waals surface area contributed by atoms with Crippen molar-refractivity contribution in [3.05, 3.63) is 23.8 Å². The summed E-state index contributed by atoms with van der Waals surface area (Å²) < 4.78 is 1.13. The van der Waals surface area contributed by atoms with Crippen molar-refractivity contribution in [2.45, 2.75) is 20.3 Å². The Kier molecular flexibility index (Phi) is 2.40. The van der Waals surface area contributed by atoms with Crippen molar-refractivity contribution in [2.75, 3.05) is 5.32 Å². The van der Waals surface area contributed by atoms with E-state index in [-0.39, 0.29) is 11.8 Å². The van der Waals surface area contributed by atoms with Crippen LogP contribution in [0.5, 0.6) is 0 Å². The Balaban J connectivity index is 1.83. The topological polar surface area (TPSA) is 42.0 Å². The smallest absolute Gasteiger partial charge is 0.229 e. The van der Waals surface area contributed by atoms with Crippen LogP contribution < -0.4 is 5.32 Å². The van der Waals surface area contributed by atoms with Crippen LogP contribution >= 0.6 is 11.3 Å². The van der Waals surface area contributed by atoms with Gasteiger partial charge in [0.05, 0.1) is 10.2 Å². The monoisotopic (exact) mass is 246 g/mol. The normalized spacial score (nSPS) is 22.7. The minimum absolute atomic E-state index is 0.119. The van der Waals surface area contributed by atoms with Gasteiger partial charge < -0.3 is 5.32 Å². The summed E-state index contributed by atoms with van der Waals surface area (Å²) in [5.74, 6) is 0.851. The van der Waals surface area contributed by atoms with Gasteiger partial charge in [0.25, 0.3) is 0 Å². The third kappa shape index (κ3) is 2.05. The van der Waals surface area contributed by atoms with Crippen LogP contribution in [0.2, 0.25) is 0 Å². The molecular formula is C13H14N2OS. The van der Waals surface area contributed by atoms with Gasteiger partial charge in [-0.05, 0) is 37.0 Å². The van der Waals surface area contributed by atoms with Crippen molar-refractivity contribution in [3.8, 4) is 0 Å². The summed E-state index contributed by atoms with van der Waals surface area (Å²) in [7, 11) is 0. The van der Waals surface area contributed by atoms with Crippen molar-refractivity contribution < 1.29 is 4.79 Å². The number of aryl methyl sites for hydroxylation is 1. The van der Waals surface area contributed by atoms with Gasteiger partial charge in [-0.3, -0.25) is 4.79 Å². The molecule has 0 radical (unpaired) electrons. The van der Waals surface area contributed by atoms with Gasteiger partial charge in [-0.1, -0.05) is 24.3 Å². The van der Waals surface area contributed by atoms with E-state index < -0.39 is 0 Å². The molecular weight excluding hydrogens is 232 g/mol. The fourth-order valence-corrected chi connectivity index (χ4v) is 2.94. The number of anilines is 1. The molecule has 4 heteroatoms. The molecule has 2 atom stereocenters. The maximum Gasteiger partial charge on any atom is 0.229 e. The second kappa shape index (κ2) is 3.81. The van der Waals surface area contributed by atoms with E-state index in [0.717, 1.165) is 21.8 Å². The quantitative estimate of drug-likeness (QED) is 0.884. The summed E-state index contributed by atoms with van der Waals surface area (Å²) in [5, 5.41) is 3.63. The number of hydrogen-bond donors (Lipinski definition) is 1. The molecule has 1 amide bonds. The standard InChI is InChI=1S/C13H14N2OS/c1-7-3-4-10-11(5-7)17-13(14-10)15-12(16)9-6-8(9)2/h3-5,8-9H,6H2,1-2H3,(H,14,15,16)/t8-,9-/m0/s1. The molecule has 88 valence electrons. The van der Waals surface area contributed by atoms with Gasteiger partial charge in [0.2, 0.25) is 5.91 Å². The molecule has 0 aliphatic heterocycles. The number of nitrogens with one attached hydrogen (secondary N) is 1. The Morgan fingerprint density at radius 1 is 1.53 bits per heavy atom. The molecule has 2 aromatic rings. The van der Waals surface area contributed by atoms with Crippen LogP contribution in [0.1, 0.15) is 18.9 Å². The first-order valence-electron chi connectivity index (χ1n) is 5.81. The zero-order chi connectivity index (χ0) is 12.0. The van der Waals surface area contributed by atoms with E-state index in [1.54, 1.807) is 11.3 Å². The summed E-state index contributed by atoms with van der Waals surface area (Å²) in [6, 6.07) is 6.13. The van der Waals surface area contributed by atoms with Crippen molar-refractivity contribution >= 4 is 32.6 Å². The number of rotatable bonds is 2. The highest BCUT2D eigenvalue weighted by Crippen LogP contribution is 2.39. The Morgan fingerprint density at radius 2 is 2.29 bits per heavy atom. The summed E-state index contributed by atoms with van der Waals surface area (Å²) >= 11 is 1.54. The van der Waals surface area contributed by atoms with Gasteiger partial charge >= 0.3 is 0 Å². The van der Waals surface area contributed by atoms with E-state index in [1.165, 1.54) is 5.56 Å². The molecule has 1 heterocycles. The molecule has 1 fully saturated rings. The second-order valence-electron chi connectivity index (χ2n) is 4.80. The van der Waals surface area contributed by atoms with E-state index >= 15 is 0 Å². The van der Waals surface area contributed by atoms with Crippen molar-refractivity contribution in [1.82, 2.24) is 4.98 Å². The van der Waals surface area contributed by atoms with Gasteiger partial charge in [-0.25, -0.2) is 4.98 Å². The molecule has 17 heavy (non-hydrogen) atoms. The molecule has 0 unspecified atom stereocenters. The molecule has 1 saturated carbocycles. The number of carbonyl (C=O) groups is 1. The lowest BCUT2D eigenvalue weighted by Crippen LogP contribution is -2.14. The number of aromatic nitrogens is 1. The summed E-state index contributed by atoms with van der Waals surface area (Å²) in [5.41, 5.74) is 2.18. The lowest BCUT2D eigenvalue weighted by molar-refractivity contribution is -0.117. The zero-order valence-electron chi connectivity index (χ0n) is 9.86. The van der Waals surface area contributed by atoms with Gasteiger partial charge in [0.15, 0.2) is 5.13 Å². The largest absolute Gasteiger partial charge is 0.302 e. The SMILES string of the molecule is Cc1ccc2nc(NC(=O)[C@H]3C[C@@H]3C)sc2c1. The van der Waals surface area contributed by atoms with Crippen LogP contribution in [0.3, 0.4) is 0 Å². The van der Waals surface area contributed by atoms with Crippen LogP contribution in [0, 0.1) is 18.8 Å². The zero-order valence-corrected chi connectivity index (χ0v) is 10.7. The molecule has 1 aromatic carbocycles. The van der Waals surface area contributed by atoms with Crippen LogP contribution in [-0.2, 0) is 4.79 Å². The molecule has 1 aromatic heterocycles. The molecule has 0 saturated heterocycles. The number of hydrogen-bond acceptors (Lipinski definition) is 3. The average molecular weight is 246 g/mol. The predicted octanol–water partition coefficient (Wildman–Crippen LogP) is 3.20. The van der Waals surface area contributed by atoms with Crippen molar-refractivity contribution in [3.63, 3.8) is 0 Å². The second-order valence-corrected chi connectivity index (χ2v) is 5.83. The molecule has 3 nitrogen and oxygen atoms in total. The number of amides is 1. The minimum Gasteiger partial charge on any atom is -0.302 e. The first-order chi connectivity index (χ1) is 8.13.